The summed E-state index contributed by atoms with van der Waals surface area (Å²) in [4.78, 5) is 24.4. The van der Waals surface area contributed by atoms with Crippen LogP contribution in [0.4, 0.5) is 16.3 Å². The summed E-state index contributed by atoms with van der Waals surface area (Å²) in [5.74, 6) is 0.465. The van der Waals surface area contributed by atoms with Gasteiger partial charge in [0.25, 0.3) is 0 Å². The maximum atomic E-state index is 12.4. The van der Waals surface area contributed by atoms with Gasteiger partial charge in [0, 0.05) is 24.2 Å². The molecule has 0 aliphatic carbocycles. The fourth-order valence-corrected chi connectivity index (χ4v) is 3.06. The Labute approximate surface area is 158 Å². The van der Waals surface area contributed by atoms with Crippen LogP contribution >= 0.6 is 0 Å². The first-order chi connectivity index (χ1) is 12.9. The number of nitrogens with one attached hydrogen (secondary N) is 4. The van der Waals surface area contributed by atoms with Crippen LogP contribution in [0.3, 0.4) is 0 Å². The lowest BCUT2D eigenvalue weighted by molar-refractivity contribution is -0.125. The number of benzene rings is 1. The van der Waals surface area contributed by atoms with Crippen molar-refractivity contribution in [3.05, 3.63) is 41.1 Å². The average molecular weight is 370 g/mol. The van der Waals surface area contributed by atoms with Gasteiger partial charge in [0.15, 0.2) is 6.29 Å². The highest BCUT2D eigenvalue weighted by atomic mass is 16.2. The Morgan fingerprint density at radius 2 is 2.00 bits per heavy atom. The summed E-state index contributed by atoms with van der Waals surface area (Å²) in [6.07, 6.45) is 0.769. The summed E-state index contributed by atoms with van der Waals surface area (Å²) >= 11 is 0. The first-order valence-corrected chi connectivity index (χ1v) is 9.12. The topological polar surface area (TPSA) is 100 Å². The Kier molecular flexibility index (Phi) is 5.46. The second kappa shape index (κ2) is 7.79. The van der Waals surface area contributed by atoms with Crippen LogP contribution in [0.15, 0.2) is 24.3 Å². The molecule has 144 valence electrons. The van der Waals surface area contributed by atoms with Crippen molar-refractivity contribution < 1.29 is 9.59 Å². The van der Waals surface area contributed by atoms with E-state index in [1.54, 1.807) is 10.7 Å². The Bertz CT molecular complexity index is 860. The molecule has 2 aromatic rings. The molecule has 8 nitrogen and oxygen atoms in total. The molecule has 1 fully saturated rings. The highest BCUT2D eigenvalue weighted by Crippen LogP contribution is 2.19. The monoisotopic (exact) mass is 370 g/mol. The number of carbonyl (C=O) groups excluding carboxylic acids is 2. The number of aryl methyl sites for hydroxylation is 3. The lowest BCUT2D eigenvalue weighted by Crippen LogP contribution is -2.53. The number of anilines is 2. The van der Waals surface area contributed by atoms with E-state index in [2.05, 4.69) is 26.4 Å². The molecule has 3 amide bonds. The molecule has 2 heterocycles. The maximum absolute atomic E-state index is 12.4. The van der Waals surface area contributed by atoms with Crippen LogP contribution in [-0.4, -0.2) is 27.8 Å². The predicted octanol–water partition coefficient (Wildman–Crippen LogP) is 2.80. The third kappa shape index (κ3) is 4.46. The minimum absolute atomic E-state index is 0.0377. The summed E-state index contributed by atoms with van der Waals surface area (Å²) in [6, 6.07) is 7.22. The number of carbonyl (C=O) groups is 2. The molecule has 1 aromatic heterocycles. The summed E-state index contributed by atoms with van der Waals surface area (Å²) in [5, 5.41) is 16.3. The molecular formula is C19H26N6O2. The van der Waals surface area contributed by atoms with Gasteiger partial charge in [0.05, 0.1) is 5.69 Å². The number of urea groups is 1. The molecule has 0 radical (unpaired) electrons. The standard InChI is InChI=1S/C19H26N6O2/c1-5-14-10-17(26)23-18(20-14)25-16(9-13(4)24-25)22-19(27)21-15-7-6-11(2)12(3)8-15/h6-9,14,18,20H,5,10H2,1-4H3,(H,23,26)(H2,21,22,27). The van der Waals surface area contributed by atoms with E-state index in [9.17, 15) is 9.59 Å². The second-order valence-corrected chi connectivity index (χ2v) is 6.94. The van der Waals surface area contributed by atoms with Crippen LogP contribution < -0.4 is 21.3 Å². The van der Waals surface area contributed by atoms with E-state index >= 15 is 0 Å². The number of hydrogen-bond donors (Lipinski definition) is 4. The number of amides is 3. The van der Waals surface area contributed by atoms with Crippen molar-refractivity contribution in [2.24, 2.45) is 0 Å². The Morgan fingerprint density at radius 1 is 1.22 bits per heavy atom. The highest BCUT2D eigenvalue weighted by molar-refractivity contribution is 5.99. The average Bonchev–Trinajstić information content (AvgIpc) is 2.97. The van der Waals surface area contributed by atoms with Crippen molar-refractivity contribution in [3.63, 3.8) is 0 Å². The fraction of sp³-hybridized carbons (Fsp3) is 0.421. The van der Waals surface area contributed by atoms with Gasteiger partial charge in [-0.2, -0.15) is 5.10 Å². The van der Waals surface area contributed by atoms with Gasteiger partial charge in [-0.1, -0.05) is 13.0 Å². The second-order valence-electron chi connectivity index (χ2n) is 6.94. The molecule has 2 unspecified atom stereocenters. The lowest BCUT2D eigenvalue weighted by Gasteiger charge is -2.31. The van der Waals surface area contributed by atoms with Gasteiger partial charge in [-0.25, -0.2) is 9.48 Å². The first-order valence-electron chi connectivity index (χ1n) is 9.12. The van der Waals surface area contributed by atoms with E-state index in [4.69, 9.17) is 0 Å². The molecule has 8 heteroatoms. The van der Waals surface area contributed by atoms with Crippen molar-refractivity contribution in [2.45, 2.75) is 52.9 Å². The highest BCUT2D eigenvalue weighted by Gasteiger charge is 2.28. The third-order valence-corrected chi connectivity index (χ3v) is 4.72. The number of nitrogens with zero attached hydrogens (tertiary/aromatic N) is 2. The lowest BCUT2D eigenvalue weighted by atomic mass is 10.1. The van der Waals surface area contributed by atoms with Crippen molar-refractivity contribution in [3.8, 4) is 0 Å². The third-order valence-electron chi connectivity index (χ3n) is 4.72. The zero-order valence-electron chi connectivity index (χ0n) is 16.1. The first kappa shape index (κ1) is 18.9. The van der Waals surface area contributed by atoms with Crippen molar-refractivity contribution >= 4 is 23.4 Å². The van der Waals surface area contributed by atoms with Crippen LogP contribution in [0.2, 0.25) is 0 Å². The number of aromatic nitrogens is 2. The summed E-state index contributed by atoms with van der Waals surface area (Å²) in [6.45, 7) is 7.89. The molecule has 4 N–H and O–H groups in total. The van der Waals surface area contributed by atoms with Crippen molar-refractivity contribution in [1.29, 1.82) is 0 Å². The van der Waals surface area contributed by atoms with Crippen LogP contribution in [0.25, 0.3) is 0 Å². The Hall–Kier alpha value is -2.87. The molecule has 0 spiro atoms. The van der Waals surface area contributed by atoms with Gasteiger partial charge in [-0.15, -0.1) is 0 Å². The van der Waals surface area contributed by atoms with Crippen molar-refractivity contribution in [1.82, 2.24) is 20.4 Å². The summed E-state index contributed by atoms with van der Waals surface area (Å²) in [5.41, 5.74) is 3.73. The molecule has 2 atom stereocenters. The van der Waals surface area contributed by atoms with Crippen LogP contribution in [0.5, 0.6) is 0 Å². The zero-order chi connectivity index (χ0) is 19.6. The van der Waals surface area contributed by atoms with E-state index in [-0.39, 0.29) is 18.0 Å². The quantitative estimate of drug-likeness (QED) is 0.665. The minimum atomic E-state index is -0.498. The molecule has 1 saturated heterocycles. The molecule has 0 bridgehead atoms. The molecule has 27 heavy (non-hydrogen) atoms. The van der Waals surface area contributed by atoms with Gasteiger partial charge >= 0.3 is 6.03 Å². The normalized spacial score (nSPS) is 19.5. The van der Waals surface area contributed by atoms with E-state index in [1.165, 1.54) is 5.56 Å². The van der Waals surface area contributed by atoms with Crippen LogP contribution in [0.1, 0.15) is 42.9 Å². The minimum Gasteiger partial charge on any atom is -0.322 e. The smallest absolute Gasteiger partial charge is 0.322 e. The largest absolute Gasteiger partial charge is 0.324 e. The molecular weight excluding hydrogens is 344 g/mol. The van der Waals surface area contributed by atoms with E-state index in [0.29, 0.717) is 17.9 Å². The Morgan fingerprint density at radius 3 is 2.70 bits per heavy atom. The molecule has 0 saturated carbocycles. The summed E-state index contributed by atoms with van der Waals surface area (Å²) < 4.78 is 1.59. The summed E-state index contributed by atoms with van der Waals surface area (Å²) in [7, 11) is 0. The SMILES string of the molecule is CCC1CC(=O)NC(n2nc(C)cc2NC(=O)Nc2ccc(C)c(C)c2)N1. The number of rotatable bonds is 4. The molecule has 1 aromatic carbocycles. The van der Waals surface area contributed by atoms with Gasteiger partial charge in [0.1, 0.15) is 5.82 Å². The Balaban J connectivity index is 1.74. The van der Waals surface area contributed by atoms with Crippen LogP contribution in [-0.2, 0) is 4.79 Å². The van der Waals surface area contributed by atoms with E-state index in [0.717, 1.165) is 17.7 Å². The fourth-order valence-electron chi connectivity index (χ4n) is 3.06. The van der Waals surface area contributed by atoms with Crippen molar-refractivity contribution in [2.75, 3.05) is 10.6 Å². The van der Waals surface area contributed by atoms with Gasteiger partial charge < -0.3 is 10.6 Å². The maximum Gasteiger partial charge on any atom is 0.324 e. The molecule has 1 aliphatic rings. The predicted molar refractivity (Wildman–Crippen MR) is 105 cm³/mol. The van der Waals surface area contributed by atoms with Gasteiger partial charge in [0.2, 0.25) is 5.91 Å². The number of hydrogen-bond acceptors (Lipinski definition) is 4. The zero-order valence-corrected chi connectivity index (χ0v) is 16.1. The van der Waals surface area contributed by atoms with Gasteiger partial charge in [-0.3, -0.25) is 15.4 Å². The molecule has 3 rings (SSSR count). The van der Waals surface area contributed by atoms with Gasteiger partial charge in [-0.05, 0) is 50.5 Å². The van der Waals surface area contributed by atoms with Crippen LogP contribution in [0, 0.1) is 20.8 Å². The van der Waals surface area contributed by atoms with E-state index in [1.807, 2.05) is 45.9 Å². The molecule has 1 aliphatic heterocycles. The van der Waals surface area contributed by atoms with E-state index < -0.39 is 6.29 Å².